The number of aryl methyl sites for hydroxylation is 1. The minimum Gasteiger partial charge on any atom is -0.497 e. The molecule has 0 aliphatic heterocycles. The third-order valence-corrected chi connectivity index (χ3v) is 5.20. The molecule has 0 saturated carbocycles. The van der Waals surface area contributed by atoms with Gasteiger partial charge in [-0.1, -0.05) is 29.8 Å². The van der Waals surface area contributed by atoms with Gasteiger partial charge in [0, 0.05) is 12.0 Å². The van der Waals surface area contributed by atoms with E-state index in [0.29, 0.717) is 17.9 Å². The molecular formula is C24H26O5. The number of carbonyl (C=O) groups excluding carboxylic acids is 2. The smallest absolute Gasteiger partial charge is 0.317 e. The highest BCUT2D eigenvalue weighted by atomic mass is 16.5. The molecule has 2 aromatic carbocycles. The lowest BCUT2D eigenvalue weighted by Gasteiger charge is -2.30. The first-order valence-corrected chi connectivity index (χ1v) is 9.67. The third-order valence-electron chi connectivity index (χ3n) is 5.20. The van der Waals surface area contributed by atoms with E-state index >= 15 is 0 Å². The predicted molar refractivity (Wildman–Crippen MR) is 111 cm³/mol. The van der Waals surface area contributed by atoms with Crippen LogP contribution in [0.1, 0.15) is 36.0 Å². The standard InChI is InChI=1S/C24H26O5/c1-5-29-24(26)23-21(16-8-6-7-15(2)9-16)12-18(13-22(23)25)17-10-19(27-3)14-20(11-17)28-4/h6-11,13-14,21,23H,5,12H2,1-4H3/t21-,23-/m1/s1. The van der Waals surface area contributed by atoms with E-state index in [1.54, 1.807) is 33.3 Å². The molecule has 152 valence electrons. The molecular weight excluding hydrogens is 368 g/mol. The van der Waals surface area contributed by atoms with Gasteiger partial charge in [-0.05, 0) is 55.2 Å². The summed E-state index contributed by atoms with van der Waals surface area (Å²) in [6, 6.07) is 13.5. The molecule has 5 heteroatoms. The normalized spacial score (nSPS) is 18.8. The summed E-state index contributed by atoms with van der Waals surface area (Å²) in [6.45, 7) is 3.99. The first-order chi connectivity index (χ1) is 14.0. The van der Waals surface area contributed by atoms with Gasteiger partial charge >= 0.3 is 5.97 Å². The highest BCUT2D eigenvalue weighted by Gasteiger charge is 2.39. The molecule has 0 unspecified atom stereocenters. The summed E-state index contributed by atoms with van der Waals surface area (Å²) < 4.78 is 16.0. The lowest BCUT2D eigenvalue weighted by atomic mass is 9.73. The van der Waals surface area contributed by atoms with Crippen molar-refractivity contribution in [1.82, 2.24) is 0 Å². The zero-order chi connectivity index (χ0) is 21.0. The summed E-state index contributed by atoms with van der Waals surface area (Å²) >= 11 is 0. The Hall–Kier alpha value is -3.08. The second-order valence-electron chi connectivity index (χ2n) is 7.13. The van der Waals surface area contributed by atoms with Crippen molar-refractivity contribution in [2.75, 3.05) is 20.8 Å². The lowest BCUT2D eigenvalue weighted by Crippen LogP contribution is -2.34. The average Bonchev–Trinajstić information content (AvgIpc) is 2.72. The van der Waals surface area contributed by atoms with Crippen LogP contribution in [0.4, 0.5) is 0 Å². The van der Waals surface area contributed by atoms with Crippen molar-refractivity contribution in [3.8, 4) is 11.5 Å². The van der Waals surface area contributed by atoms with E-state index in [4.69, 9.17) is 14.2 Å². The monoisotopic (exact) mass is 394 g/mol. The van der Waals surface area contributed by atoms with Gasteiger partial charge in [0.2, 0.25) is 0 Å². The number of carbonyl (C=O) groups is 2. The molecule has 1 aliphatic carbocycles. The van der Waals surface area contributed by atoms with Crippen molar-refractivity contribution in [2.24, 2.45) is 5.92 Å². The summed E-state index contributed by atoms with van der Waals surface area (Å²) in [5.41, 5.74) is 3.72. The summed E-state index contributed by atoms with van der Waals surface area (Å²) in [4.78, 5) is 25.6. The molecule has 0 saturated heterocycles. The van der Waals surface area contributed by atoms with Gasteiger partial charge in [-0.3, -0.25) is 9.59 Å². The molecule has 0 amide bonds. The van der Waals surface area contributed by atoms with E-state index in [2.05, 4.69) is 0 Å². The summed E-state index contributed by atoms with van der Waals surface area (Å²) in [6.07, 6.45) is 2.09. The van der Waals surface area contributed by atoms with Crippen LogP contribution in [0, 0.1) is 12.8 Å². The number of esters is 1. The Morgan fingerprint density at radius 3 is 2.34 bits per heavy atom. The Labute approximate surface area is 171 Å². The molecule has 0 N–H and O–H groups in total. The molecule has 2 atom stereocenters. The van der Waals surface area contributed by atoms with Crippen molar-refractivity contribution in [3.63, 3.8) is 0 Å². The number of ketones is 1. The molecule has 0 fully saturated rings. The quantitative estimate of drug-likeness (QED) is 0.539. The van der Waals surface area contributed by atoms with Crippen LogP contribution in [0.5, 0.6) is 11.5 Å². The second-order valence-corrected chi connectivity index (χ2v) is 7.13. The minimum absolute atomic E-state index is 0.238. The Bertz CT molecular complexity index is 922. The number of hydrogen-bond donors (Lipinski definition) is 0. The summed E-state index contributed by atoms with van der Waals surface area (Å²) in [5, 5.41) is 0. The van der Waals surface area contributed by atoms with Gasteiger partial charge in [0.15, 0.2) is 5.78 Å². The Kier molecular flexibility index (Phi) is 6.37. The van der Waals surface area contributed by atoms with Crippen LogP contribution < -0.4 is 9.47 Å². The predicted octanol–water partition coefficient (Wildman–Crippen LogP) is 4.33. The highest BCUT2D eigenvalue weighted by Crippen LogP contribution is 2.41. The zero-order valence-electron chi connectivity index (χ0n) is 17.2. The first kappa shape index (κ1) is 20.6. The minimum atomic E-state index is -0.840. The molecule has 2 aromatic rings. The number of hydrogen-bond acceptors (Lipinski definition) is 5. The van der Waals surface area contributed by atoms with E-state index in [1.807, 2.05) is 43.3 Å². The van der Waals surface area contributed by atoms with Gasteiger partial charge in [-0.15, -0.1) is 0 Å². The van der Waals surface area contributed by atoms with Crippen LogP contribution in [0.25, 0.3) is 5.57 Å². The molecule has 0 spiro atoms. The molecule has 5 nitrogen and oxygen atoms in total. The van der Waals surface area contributed by atoms with Gasteiger partial charge in [0.1, 0.15) is 17.4 Å². The molecule has 0 radical (unpaired) electrons. The van der Waals surface area contributed by atoms with E-state index in [-0.39, 0.29) is 18.3 Å². The molecule has 1 aliphatic rings. The van der Waals surface area contributed by atoms with Gasteiger partial charge in [0.25, 0.3) is 0 Å². The Balaban J connectivity index is 2.07. The number of rotatable bonds is 6. The molecule has 0 heterocycles. The highest BCUT2D eigenvalue weighted by molar-refractivity contribution is 6.10. The van der Waals surface area contributed by atoms with E-state index in [9.17, 15) is 9.59 Å². The Morgan fingerprint density at radius 1 is 1.07 bits per heavy atom. The van der Waals surface area contributed by atoms with Gasteiger partial charge in [0.05, 0.1) is 20.8 Å². The van der Waals surface area contributed by atoms with E-state index in [0.717, 1.165) is 22.3 Å². The second kappa shape index (κ2) is 8.95. The van der Waals surface area contributed by atoms with Crippen molar-refractivity contribution in [2.45, 2.75) is 26.2 Å². The van der Waals surface area contributed by atoms with Crippen LogP contribution in [0.2, 0.25) is 0 Å². The summed E-state index contributed by atoms with van der Waals surface area (Å²) in [5.74, 6) is -0.549. The fraction of sp³-hybridized carbons (Fsp3) is 0.333. The SMILES string of the molecule is CCOC(=O)[C@H]1C(=O)C=C(c2cc(OC)cc(OC)c2)C[C@@H]1c1cccc(C)c1. The van der Waals surface area contributed by atoms with Gasteiger partial charge in [-0.25, -0.2) is 0 Å². The van der Waals surface area contributed by atoms with Crippen LogP contribution in [-0.2, 0) is 14.3 Å². The van der Waals surface area contributed by atoms with Crippen LogP contribution in [0.3, 0.4) is 0 Å². The largest absolute Gasteiger partial charge is 0.497 e. The van der Waals surface area contributed by atoms with Crippen LogP contribution in [0.15, 0.2) is 48.5 Å². The molecule has 3 rings (SSSR count). The van der Waals surface area contributed by atoms with Crippen molar-refractivity contribution >= 4 is 17.3 Å². The molecule has 0 bridgehead atoms. The lowest BCUT2D eigenvalue weighted by molar-refractivity contribution is -0.151. The van der Waals surface area contributed by atoms with Gasteiger partial charge in [-0.2, -0.15) is 0 Å². The van der Waals surface area contributed by atoms with Crippen LogP contribution in [-0.4, -0.2) is 32.6 Å². The number of ether oxygens (including phenoxy) is 3. The fourth-order valence-electron chi connectivity index (χ4n) is 3.79. The fourth-order valence-corrected chi connectivity index (χ4v) is 3.79. The summed E-state index contributed by atoms with van der Waals surface area (Å²) in [7, 11) is 3.18. The zero-order valence-corrected chi connectivity index (χ0v) is 17.2. The van der Waals surface area contributed by atoms with Gasteiger partial charge < -0.3 is 14.2 Å². The topological polar surface area (TPSA) is 61.8 Å². The number of benzene rings is 2. The average molecular weight is 394 g/mol. The van der Waals surface area contributed by atoms with E-state index in [1.165, 1.54) is 0 Å². The number of allylic oxidation sites excluding steroid dienone is 2. The Morgan fingerprint density at radius 2 is 1.76 bits per heavy atom. The van der Waals surface area contributed by atoms with E-state index < -0.39 is 11.9 Å². The first-order valence-electron chi connectivity index (χ1n) is 9.67. The van der Waals surface area contributed by atoms with Crippen LogP contribution >= 0.6 is 0 Å². The van der Waals surface area contributed by atoms with Crippen molar-refractivity contribution in [3.05, 3.63) is 65.2 Å². The number of methoxy groups -OCH3 is 2. The maximum Gasteiger partial charge on any atom is 0.317 e. The molecule has 29 heavy (non-hydrogen) atoms. The maximum atomic E-state index is 13.0. The maximum absolute atomic E-state index is 13.0. The third kappa shape index (κ3) is 4.50. The van der Waals surface area contributed by atoms with Crippen molar-refractivity contribution < 1.29 is 23.8 Å². The molecule has 0 aromatic heterocycles. The van der Waals surface area contributed by atoms with Crippen molar-refractivity contribution in [1.29, 1.82) is 0 Å².